The first-order chi connectivity index (χ1) is 10.0. The van der Waals surface area contributed by atoms with Gasteiger partial charge in [0, 0.05) is 12.2 Å². The fourth-order valence-corrected chi connectivity index (χ4v) is 2.07. The summed E-state index contributed by atoms with van der Waals surface area (Å²) in [5.74, 6) is 0.414. The molecule has 0 amide bonds. The highest BCUT2D eigenvalue weighted by Gasteiger charge is 2.11. The van der Waals surface area contributed by atoms with Crippen LogP contribution in [0.15, 0.2) is 30.3 Å². The number of methoxy groups -OCH3 is 2. The van der Waals surface area contributed by atoms with Crippen molar-refractivity contribution in [3.63, 3.8) is 0 Å². The summed E-state index contributed by atoms with van der Waals surface area (Å²) in [6, 6.07) is 8.03. The molecule has 0 heterocycles. The lowest BCUT2D eigenvalue weighted by Gasteiger charge is -2.13. The first-order valence-corrected chi connectivity index (χ1v) is 6.49. The molecule has 5 heteroatoms. The Hall–Kier alpha value is -2.43. The maximum absolute atomic E-state index is 13.1. The SMILES string of the molecule is COc1cc(CNc2ccc(F)cc2C)cc(OC)c1O. The van der Waals surface area contributed by atoms with Crippen molar-refractivity contribution in [2.45, 2.75) is 13.5 Å². The maximum Gasteiger partial charge on any atom is 0.200 e. The minimum Gasteiger partial charge on any atom is -0.502 e. The zero-order valence-corrected chi connectivity index (χ0v) is 12.2. The molecule has 21 heavy (non-hydrogen) atoms. The van der Waals surface area contributed by atoms with Crippen molar-refractivity contribution < 1.29 is 19.0 Å². The summed E-state index contributed by atoms with van der Waals surface area (Å²) in [5.41, 5.74) is 2.56. The smallest absolute Gasteiger partial charge is 0.200 e. The van der Waals surface area contributed by atoms with Crippen molar-refractivity contribution in [3.05, 3.63) is 47.3 Å². The fourth-order valence-electron chi connectivity index (χ4n) is 2.07. The number of halogens is 1. The molecule has 2 N–H and O–H groups in total. The average molecular weight is 291 g/mol. The molecule has 4 nitrogen and oxygen atoms in total. The predicted molar refractivity (Wildman–Crippen MR) is 79.7 cm³/mol. The van der Waals surface area contributed by atoms with Crippen LogP contribution in [-0.4, -0.2) is 19.3 Å². The van der Waals surface area contributed by atoms with Gasteiger partial charge in [-0.2, -0.15) is 0 Å². The van der Waals surface area contributed by atoms with Crippen LogP contribution in [0.5, 0.6) is 17.2 Å². The first kappa shape index (κ1) is 15.0. The molecule has 0 radical (unpaired) electrons. The van der Waals surface area contributed by atoms with Crippen LogP contribution in [0.3, 0.4) is 0 Å². The molecule has 0 fully saturated rings. The first-order valence-electron chi connectivity index (χ1n) is 6.49. The zero-order valence-electron chi connectivity index (χ0n) is 12.2. The Balaban J connectivity index is 2.19. The molecular formula is C16H18FNO3. The van der Waals surface area contributed by atoms with Crippen molar-refractivity contribution in [3.8, 4) is 17.2 Å². The normalized spacial score (nSPS) is 10.3. The second-order valence-corrected chi connectivity index (χ2v) is 4.66. The van der Waals surface area contributed by atoms with E-state index in [4.69, 9.17) is 9.47 Å². The molecule has 2 rings (SSSR count). The molecule has 0 spiro atoms. The zero-order chi connectivity index (χ0) is 15.4. The molecular weight excluding hydrogens is 273 g/mol. The Bertz CT molecular complexity index is 618. The van der Waals surface area contributed by atoms with E-state index in [0.717, 1.165) is 16.8 Å². The Morgan fingerprint density at radius 3 is 2.24 bits per heavy atom. The number of hydrogen-bond acceptors (Lipinski definition) is 4. The van der Waals surface area contributed by atoms with Crippen molar-refractivity contribution in [2.75, 3.05) is 19.5 Å². The summed E-state index contributed by atoms with van der Waals surface area (Å²) < 4.78 is 23.3. The van der Waals surface area contributed by atoms with Gasteiger partial charge in [-0.1, -0.05) is 0 Å². The highest BCUT2D eigenvalue weighted by molar-refractivity contribution is 5.55. The fraction of sp³-hybridized carbons (Fsp3) is 0.250. The molecule has 0 aliphatic heterocycles. The third-order valence-electron chi connectivity index (χ3n) is 3.21. The summed E-state index contributed by atoms with van der Waals surface area (Å²) in [7, 11) is 2.96. The van der Waals surface area contributed by atoms with E-state index in [0.29, 0.717) is 18.0 Å². The van der Waals surface area contributed by atoms with E-state index in [1.807, 2.05) is 6.92 Å². The van der Waals surface area contributed by atoms with Crippen molar-refractivity contribution in [2.24, 2.45) is 0 Å². The van der Waals surface area contributed by atoms with Gasteiger partial charge in [-0.25, -0.2) is 4.39 Å². The van der Waals surface area contributed by atoms with E-state index in [1.165, 1.54) is 26.4 Å². The second kappa shape index (κ2) is 6.35. The van der Waals surface area contributed by atoms with E-state index >= 15 is 0 Å². The highest BCUT2D eigenvalue weighted by atomic mass is 19.1. The highest BCUT2D eigenvalue weighted by Crippen LogP contribution is 2.37. The molecule has 2 aromatic rings. The van der Waals surface area contributed by atoms with Crippen molar-refractivity contribution >= 4 is 5.69 Å². The van der Waals surface area contributed by atoms with Gasteiger partial charge in [0.15, 0.2) is 11.5 Å². The van der Waals surface area contributed by atoms with Gasteiger partial charge in [-0.05, 0) is 48.4 Å². The molecule has 0 aliphatic carbocycles. The predicted octanol–water partition coefficient (Wildman–Crippen LogP) is 3.47. The van der Waals surface area contributed by atoms with Gasteiger partial charge in [0.2, 0.25) is 5.75 Å². The summed E-state index contributed by atoms with van der Waals surface area (Å²) in [4.78, 5) is 0. The standard InChI is InChI=1S/C16H18FNO3/c1-10-6-12(17)4-5-13(10)18-9-11-7-14(20-2)16(19)15(8-11)21-3/h4-8,18-19H,9H2,1-3H3. The van der Waals surface area contributed by atoms with E-state index in [1.54, 1.807) is 18.2 Å². The van der Waals surface area contributed by atoms with Gasteiger partial charge in [0.25, 0.3) is 0 Å². The number of nitrogens with one attached hydrogen (secondary N) is 1. The topological polar surface area (TPSA) is 50.7 Å². The lowest BCUT2D eigenvalue weighted by molar-refractivity contribution is 0.339. The lowest BCUT2D eigenvalue weighted by Crippen LogP contribution is -2.02. The number of aromatic hydroxyl groups is 1. The van der Waals surface area contributed by atoms with Gasteiger partial charge in [-0.3, -0.25) is 0 Å². The Kier molecular flexibility index (Phi) is 4.52. The third-order valence-corrected chi connectivity index (χ3v) is 3.21. The van der Waals surface area contributed by atoms with E-state index in [2.05, 4.69) is 5.32 Å². The van der Waals surface area contributed by atoms with Crippen molar-refractivity contribution in [1.29, 1.82) is 0 Å². The van der Waals surface area contributed by atoms with Crippen molar-refractivity contribution in [1.82, 2.24) is 0 Å². The van der Waals surface area contributed by atoms with Crippen LogP contribution in [0.25, 0.3) is 0 Å². The Morgan fingerprint density at radius 2 is 1.71 bits per heavy atom. The molecule has 0 aliphatic rings. The van der Waals surface area contributed by atoms with Crippen LogP contribution in [0, 0.1) is 12.7 Å². The largest absolute Gasteiger partial charge is 0.502 e. The van der Waals surface area contributed by atoms with Gasteiger partial charge in [0.05, 0.1) is 14.2 Å². The van der Waals surface area contributed by atoms with Crippen LogP contribution in [-0.2, 0) is 6.54 Å². The Morgan fingerprint density at radius 1 is 1.10 bits per heavy atom. The van der Waals surface area contributed by atoms with Crippen LogP contribution in [0.1, 0.15) is 11.1 Å². The minimum absolute atomic E-state index is 0.0262. The second-order valence-electron chi connectivity index (χ2n) is 4.66. The van der Waals surface area contributed by atoms with E-state index in [-0.39, 0.29) is 11.6 Å². The number of ether oxygens (including phenoxy) is 2. The lowest BCUT2D eigenvalue weighted by atomic mass is 10.1. The third kappa shape index (κ3) is 3.37. The number of hydrogen-bond donors (Lipinski definition) is 2. The molecule has 0 aromatic heterocycles. The number of anilines is 1. The quantitative estimate of drug-likeness (QED) is 0.885. The summed E-state index contributed by atoms with van der Waals surface area (Å²) in [6.07, 6.45) is 0. The van der Waals surface area contributed by atoms with Crippen LogP contribution in [0.4, 0.5) is 10.1 Å². The average Bonchev–Trinajstić information content (AvgIpc) is 2.47. The molecule has 112 valence electrons. The van der Waals surface area contributed by atoms with Gasteiger partial charge < -0.3 is 19.9 Å². The number of rotatable bonds is 5. The van der Waals surface area contributed by atoms with Crippen LogP contribution < -0.4 is 14.8 Å². The molecule has 0 bridgehead atoms. The van der Waals surface area contributed by atoms with Crippen LogP contribution in [0.2, 0.25) is 0 Å². The van der Waals surface area contributed by atoms with Gasteiger partial charge in [0.1, 0.15) is 5.82 Å². The number of phenolic OH excluding ortho intramolecular Hbond substituents is 1. The maximum atomic E-state index is 13.1. The Labute approximate surface area is 123 Å². The summed E-state index contributed by atoms with van der Waals surface area (Å²) in [5, 5.41) is 13.1. The number of benzene rings is 2. The molecule has 0 atom stereocenters. The van der Waals surface area contributed by atoms with Crippen LogP contribution >= 0.6 is 0 Å². The van der Waals surface area contributed by atoms with E-state index in [9.17, 15) is 9.50 Å². The molecule has 2 aromatic carbocycles. The van der Waals surface area contributed by atoms with E-state index < -0.39 is 0 Å². The summed E-state index contributed by atoms with van der Waals surface area (Å²) >= 11 is 0. The van der Waals surface area contributed by atoms with Gasteiger partial charge >= 0.3 is 0 Å². The molecule has 0 saturated carbocycles. The number of phenols is 1. The monoisotopic (exact) mass is 291 g/mol. The molecule has 0 saturated heterocycles. The molecule has 0 unspecified atom stereocenters. The van der Waals surface area contributed by atoms with Gasteiger partial charge in [-0.15, -0.1) is 0 Å². The minimum atomic E-state index is -0.258. The number of aryl methyl sites for hydroxylation is 1. The summed E-state index contributed by atoms with van der Waals surface area (Å²) in [6.45, 7) is 2.34.